The summed E-state index contributed by atoms with van der Waals surface area (Å²) in [4.78, 5) is 4.09. The summed E-state index contributed by atoms with van der Waals surface area (Å²) in [7, 11) is 0. The van der Waals surface area contributed by atoms with Crippen LogP contribution < -0.4 is 5.32 Å². The standard InChI is InChI=1S/C11H9BrN6/c1-7(12)11-16-9(5-14)17-18(11)10-3-2-8(4-13)6-15-10/h2-3,7,15H,6H2,1H3. The molecule has 0 aliphatic carbocycles. The van der Waals surface area contributed by atoms with Gasteiger partial charge in [-0.25, -0.2) is 4.98 Å². The molecule has 0 fully saturated rings. The molecule has 18 heavy (non-hydrogen) atoms. The minimum absolute atomic E-state index is 0.0313. The first-order valence-electron chi connectivity index (χ1n) is 5.22. The summed E-state index contributed by atoms with van der Waals surface area (Å²) in [6, 6.07) is 3.99. The van der Waals surface area contributed by atoms with Gasteiger partial charge in [0.25, 0.3) is 5.82 Å². The zero-order valence-corrected chi connectivity index (χ0v) is 11.1. The average molecular weight is 305 g/mol. The maximum Gasteiger partial charge on any atom is 0.252 e. The molecular weight excluding hydrogens is 296 g/mol. The van der Waals surface area contributed by atoms with Gasteiger partial charge in [-0.3, -0.25) is 0 Å². The molecule has 1 aromatic rings. The van der Waals surface area contributed by atoms with Crippen molar-refractivity contribution in [2.75, 3.05) is 6.54 Å². The highest BCUT2D eigenvalue weighted by Gasteiger charge is 2.18. The van der Waals surface area contributed by atoms with Crippen LogP contribution in [0, 0.1) is 22.7 Å². The predicted octanol–water partition coefficient (Wildman–Crippen LogP) is 1.46. The van der Waals surface area contributed by atoms with Crippen LogP contribution in [0.4, 0.5) is 0 Å². The molecule has 1 aliphatic rings. The first-order valence-corrected chi connectivity index (χ1v) is 6.13. The lowest BCUT2D eigenvalue weighted by Gasteiger charge is -2.15. The zero-order valence-electron chi connectivity index (χ0n) is 9.55. The second kappa shape index (κ2) is 5.03. The van der Waals surface area contributed by atoms with Crippen LogP contribution in [-0.2, 0) is 0 Å². The SMILES string of the molecule is CC(Br)c1nc(C#N)nn1C1=CC=C(C#N)CN1. The van der Waals surface area contributed by atoms with E-state index in [9.17, 15) is 0 Å². The largest absolute Gasteiger partial charge is 0.365 e. The topological polar surface area (TPSA) is 90.3 Å². The Morgan fingerprint density at radius 1 is 1.44 bits per heavy atom. The molecule has 1 atom stereocenters. The summed E-state index contributed by atoms with van der Waals surface area (Å²) in [5.41, 5.74) is 0.646. The van der Waals surface area contributed by atoms with E-state index in [1.54, 1.807) is 16.8 Å². The van der Waals surface area contributed by atoms with Gasteiger partial charge in [0.05, 0.1) is 17.4 Å². The van der Waals surface area contributed by atoms with Gasteiger partial charge in [0.1, 0.15) is 17.7 Å². The van der Waals surface area contributed by atoms with Crippen LogP contribution in [0.3, 0.4) is 0 Å². The molecule has 0 spiro atoms. The van der Waals surface area contributed by atoms with E-state index >= 15 is 0 Å². The first-order chi connectivity index (χ1) is 8.65. The Hall–Kier alpha value is -2.12. The number of halogens is 1. The summed E-state index contributed by atoms with van der Waals surface area (Å²) in [6.07, 6.45) is 3.47. The summed E-state index contributed by atoms with van der Waals surface area (Å²) in [5, 5.41) is 24.8. The van der Waals surface area contributed by atoms with Crippen LogP contribution in [0.1, 0.15) is 23.4 Å². The molecular formula is C11H9BrN6. The number of hydrogen-bond donors (Lipinski definition) is 1. The van der Waals surface area contributed by atoms with Crippen LogP contribution in [0.2, 0.25) is 0 Å². The van der Waals surface area contributed by atoms with E-state index < -0.39 is 0 Å². The fraction of sp³-hybridized carbons (Fsp3) is 0.273. The number of allylic oxidation sites excluding steroid dienone is 2. The zero-order chi connectivity index (χ0) is 13.1. The third-order valence-corrected chi connectivity index (χ3v) is 2.77. The minimum atomic E-state index is -0.0313. The van der Waals surface area contributed by atoms with Crippen molar-refractivity contribution in [3.8, 4) is 12.1 Å². The molecule has 0 aromatic carbocycles. The monoisotopic (exact) mass is 304 g/mol. The van der Waals surface area contributed by atoms with Crippen molar-refractivity contribution in [1.29, 1.82) is 10.5 Å². The first kappa shape index (κ1) is 12.3. The second-order valence-electron chi connectivity index (χ2n) is 3.64. The molecule has 7 heteroatoms. The van der Waals surface area contributed by atoms with Crippen molar-refractivity contribution in [3.63, 3.8) is 0 Å². The Kier molecular flexibility index (Phi) is 3.45. The van der Waals surface area contributed by atoms with Crippen molar-refractivity contribution in [2.45, 2.75) is 11.8 Å². The lowest BCUT2D eigenvalue weighted by Crippen LogP contribution is -2.24. The van der Waals surface area contributed by atoms with E-state index in [2.05, 4.69) is 37.4 Å². The van der Waals surface area contributed by atoms with Gasteiger partial charge >= 0.3 is 0 Å². The fourth-order valence-electron chi connectivity index (χ4n) is 1.51. The summed E-state index contributed by atoms with van der Waals surface area (Å²) < 4.78 is 1.57. The number of aromatic nitrogens is 3. The maximum atomic E-state index is 8.84. The van der Waals surface area contributed by atoms with E-state index in [0.29, 0.717) is 23.8 Å². The normalized spacial score (nSPS) is 15.8. The van der Waals surface area contributed by atoms with Gasteiger partial charge in [-0.2, -0.15) is 15.2 Å². The van der Waals surface area contributed by atoms with Gasteiger partial charge in [-0.15, -0.1) is 5.10 Å². The number of rotatable bonds is 2. The number of nitriles is 2. The van der Waals surface area contributed by atoms with Crippen LogP contribution >= 0.6 is 15.9 Å². The van der Waals surface area contributed by atoms with Crippen molar-refractivity contribution in [1.82, 2.24) is 20.1 Å². The Balaban J connectivity index is 2.44. The highest BCUT2D eigenvalue weighted by Crippen LogP contribution is 2.22. The number of nitrogens with zero attached hydrogens (tertiary/aromatic N) is 5. The Morgan fingerprint density at radius 3 is 2.72 bits per heavy atom. The quantitative estimate of drug-likeness (QED) is 0.835. The number of hydrogen-bond acceptors (Lipinski definition) is 5. The molecule has 0 bridgehead atoms. The van der Waals surface area contributed by atoms with Crippen LogP contribution in [0.15, 0.2) is 17.7 Å². The maximum absolute atomic E-state index is 8.84. The van der Waals surface area contributed by atoms with Gasteiger partial charge in [-0.1, -0.05) is 15.9 Å². The molecule has 0 radical (unpaired) electrons. The number of dihydropyridines is 1. The molecule has 6 nitrogen and oxygen atoms in total. The van der Waals surface area contributed by atoms with E-state index in [0.717, 1.165) is 0 Å². The molecule has 1 N–H and O–H groups in total. The molecule has 1 unspecified atom stereocenters. The van der Waals surface area contributed by atoms with Crippen LogP contribution in [0.25, 0.3) is 5.82 Å². The average Bonchev–Trinajstić information content (AvgIpc) is 2.83. The molecule has 90 valence electrons. The van der Waals surface area contributed by atoms with E-state index in [1.165, 1.54) is 0 Å². The molecule has 0 saturated heterocycles. The number of alkyl halides is 1. The third kappa shape index (κ3) is 2.27. The van der Waals surface area contributed by atoms with Gasteiger partial charge in [0.2, 0.25) is 0 Å². The Morgan fingerprint density at radius 2 is 2.22 bits per heavy atom. The molecule has 0 saturated carbocycles. The lowest BCUT2D eigenvalue weighted by atomic mass is 10.2. The summed E-state index contributed by atoms with van der Waals surface area (Å²) in [5.74, 6) is 1.46. The Labute approximate surface area is 112 Å². The third-order valence-electron chi connectivity index (χ3n) is 2.36. The lowest BCUT2D eigenvalue weighted by molar-refractivity contribution is 0.749. The highest BCUT2D eigenvalue weighted by molar-refractivity contribution is 9.09. The molecule has 2 heterocycles. The molecule has 2 rings (SSSR count). The van der Waals surface area contributed by atoms with Gasteiger partial charge in [-0.05, 0) is 19.1 Å². The van der Waals surface area contributed by atoms with E-state index in [-0.39, 0.29) is 10.7 Å². The summed E-state index contributed by atoms with van der Waals surface area (Å²) in [6.45, 7) is 2.35. The van der Waals surface area contributed by atoms with Crippen LogP contribution in [0.5, 0.6) is 0 Å². The number of nitrogens with one attached hydrogen (secondary N) is 1. The molecule has 1 aromatic heterocycles. The predicted molar refractivity (Wildman–Crippen MR) is 68.1 cm³/mol. The highest BCUT2D eigenvalue weighted by atomic mass is 79.9. The van der Waals surface area contributed by atoms with Crippen LogP contribution in [-0.4, -0.2) is 21.3 Å². The molecule has 1 aliphatic heterocycles. The molecule has 0 amide bonds. The van der Waals surface area contributed by atoms with Crippen molar-refractivity contribution < 1.29 is 0 Å². The van der Waals surface area contributed by atoms with Crippen molar-refractivity contribution in [3.05, 3.63) is 29.4 Å². The minimum Gasteiger partial charge on any atom is -0.365 e. The van der Waals surface area contributed by atoms with E-state index in [4.69, 9.17) is 10.5 Å². The second-order valence-corrected chi connectivity index (χ2v) is 5.02. The Bertz CT molecular complexity index is 610. The fourth-order valence-corrected chi connectivity index (χ4v) is 1.81. The van der Waals surface area contributed by atoms with Gasteiger partial charge in [0, 0.05) is 5.57 Å². The van der Waals surface area contributed by atoms with Crippen molar-refractivity contribution >= 4 is 21.8 Å². The van der Waals surface area contributed by atoms with Gasteiger partial charge < -0.3 is 5.32 Å². The van der Waals surface area contributed by atoms with Crippen molar-refractivity contribution in [2.24, 2.45) is 0 Å². The van der Waals surface area contributed by atoms with Gasteiger partial charge in [0.15, 0.2) is 0 Å². The smallest absolute Gasteiger partial charge is 0.252 e. The van der Waals surface area contributed by atoms with E-state index in [1.807, 2.05) is 13.0 Å². The summed E-state index contributed by atoms with van der Waals surface area (Å²) >= 11 is 3.41.